The Morgan fingerprint density at radius 1 is 1.23 bits per heavy atom. The van der Waals surface area contributed by atoms with Crippen molar-refractivity contribution in [3.05, 3.63) is 28.8 Å². The highest BCUT2D eigenvalue weighted by atomic mass is 32.2. The minimum Gasteiger partial charge on any atom is -0.376 e. The number of alkyl halides is 3. The molecule has 1 aliphatic rings. The fourth-order valence-corrected chi connectivity index (χ4v) is 2.94. The number of Topliss-reactive ketones (excluding diaryl/α,β-unsaturated/α-hetero) is 1. The van der Waals surface area contributed by atoms with Crippen molar-refractivity contribution in [3.63, 3.8) is 0 Å². The maximum Gasteiger partial charge on any atom is 0.534 e. The summed E-state index contributed by atoms with van der Waals surface area (Å²) in [6.45, 7) is 5.09. The fourth-order valence-electron chi connectivity index (χ4n) is 2.43. The molecule has 122 valence electrons. The number of hydrogen-bond donors (Lipinski definition) is 0. The van der Waals surface area contributed by atoms with Gasteiger partial charge in [-0.15, -0.1) is 0 Å². The number of benzene rings is 1. The summed E-state index contributed by atoms with van der Waals surface area (Å²) in [5, 5.41) is 0. The summed E-state index contributed by atoms with van der Waals surface area (Å²) >= 11 is 0. The molecule has 0 aromatic heterocycles. The maximum atomic E-state index is 12.4. The second kappa shape index (κ2) is 4.97. The molecule has 0 aliphatic heterocycles. The summed E-state index contributed by atoms with van der Waals surface area (Å²) in [5.74, 6) is -0.512. The van der Waals surface area contributed by atoms with E-state index in [1.807, 2.05) is 13.8 Å². The van der Waals surface area contributed by atoms with Crippen LogP contribution < -0.4 is 4.18 Å². The zero-order valence-corrected chi connectivity index (χ0v) is 13.1. The minimum atomic E-state index is -5.74. The number of rotatable bonds is 2. The van der Waals surface area contributed by atoms with Crippen molar-refractivity contribution in [2.45, 2.75) is 44.5 Å². The first kappa shape index (κ1) is 16.8. The molecule has 1 aromatic rings. The van der Waals surface area contributed by atoms with Gasteiger partial charge in [-0.05, 0) is 42.0 Å². The monoisotopic (exact) mass is 336 g/mol. The molecule has 2 rings (SSSR count). The first-order valence-electron chi connectivity index (χ1n) is 6.54. The number of carbonyl (C=O) groups is 1. The molecule has 0 amide bonds. The van der Waals surface area contributed by atoms with Crippen molar-refractivity contribution in [1.82, 2.24) is 0 Å². The number of aryl methyl sites for hydroxylation is 1. The fraction of sp³-hybridized carbons (Fsp3) is 0.500. The van der Waals surface area contributed by atoms with E-state index in [1.165, 1.54) is 19.1 Å². The van der Waals surface area contributed by atoms with Crippen LogP contribution >= 0.6 is 0 Å². The number of fused-ring (bicyclic) bond motifs is 1. The third-order valence-corrected chi connectivity index (χ3v) is 4.77. The average Bonchev–Trinajstić information content (AvgIpc) is 2.35. The molecule has 4 nitrogen and oxygen atoms in total. The van der Waals surface area contributed by atoms with Crippen molar-refractivity contribution in [3.8, 4) is 5.75 Å². The quantitative estimate of drug-likeness (QED) is 0.613. The molecule has 0 heterocycles. The summed E-state index contributed by atoms with van der Waals surface area (Å²) in [4.78, 5) is 11.9. The van der Waals surface area contributed by atoms with E-state index in [2.05, 4.69) is 4.18 Å². The van der Waals surface area contributed by atoms with Crippen molar-refractivity contribution >= 4 is 15.9 Å². The molecule has 0 fully saturated rings. The second-order valence-corrected chi connectivity index (χ2v) is 7.49. The minimum absolute atomic E-state index is 0.109. The molecule has 0 atom stereocenters. The first-order chi connectivity index (χ1) is 9.85. The van der Waals surface area contributed by atoms with Crippen molar-refractivity contribution < 1.29 is 30.6 Å². The van der Waals surface area contributed by atoms with E-state index < -0.39 is 26.8 Å². The topological polar surface area (TPSA) is 60.4 Å². The zero-order chi connectivity index (χ0) is 16.9. The second-order valence-electron chi connectivity index (χ2n) is 5.95. The number of ketones is 1. The molecule has 0 bridgehead atoms. The summed E-state index contributed by atoms with van der Waals surface area (Å²) in [6, 6.07) is 2.62. The number of carbonyl (C=O) groups excluding carboxylic acids is 1. The zero-order valence-electron chi connectivity index (χ0n) is 12.2. The van der Waals surface area contributed by atoms with Crippen LogP contribution in [-0.4, -0.2) is 19.7 Å². The van der Waals surface area contributed by atoms with Crippen molar-refractivity contribution in [2.24, 2.45) is 0 Å². The lowest BCUT2D eigenvalue weighted by Gasteiger charge is -2.32. The third-order valence-electron chi connectivity index (χ3n) is 3.80. The van der Waals surface area contributed by atoms with Gasteiger partial charge in [0, 0.05) is 12.0 Å². The largest absolute Gasteiger partial charge is 0.534 e. The average molecular weight is 336 g/mol. The Morgan fingerprint density at radius 3 is 2.36 bits per heavy atom. The lowest BCUT2D eigenvalue weighted by Crippen LogP contribution is -2.30. The van der Waals surface area contributed by atoms with E-state index in [4.69, 9.17) is 0 Å². The van der Waals surface area contributed by atoms with Gasteiger partial charge in [-0.3, -0.25) is 4.79 Å². The van der Waals surface area contributed by atoms with Gasteiger partial charge in [0.25, 0.3) is 0 Å². The van der Waals surface area contributed by atoms with Crippen molar-refractivity contribution in [1.29, 1.82) is 0 Å². The SMILES string of the molecule is Cc1cc2c(cc1OS(=O)(=O)C(F)(F)F)C(C)(C)CCC2=O. The van der Waals surface area contributed by atoms with Gasteiger partial charge in [-0.1, -0.05) is 13.8 Å². The van der Waals surface area contributed by atoms with Crippen LogP contribution in [0.2, 0.25) is 0 Å². The Morgan fingerprint density at radius 2 is 1.82 bits per heavy atom. The summed E-state index contributed by atoms with van der Waals surface area (Å²) < 4.78 is 63.8. The van der Waals surface area contributed by atoms with Gasteiger partial charge in [0.15, 0.2) is 5.78 Å². The van der Waals surface area contributed by atoms with E-state index in [1.54, 1.807) is 0 Å². The standard InChI is InChI=1S/C14H15F3O4S/c1-8-6-9-10(13(2,3)5-4-11(9)18)7-12(8)21-22(19,20)14(15,16)17/h6-7H,4-5H2,1-3H3. The first-order valence-corrected chi connectivity index (χ1v) is 7.95. The number of halogens is 3. The van der Waals surface area contributed by atoms with Crippen molar-refractivity contribution in [2.75, 3.05) is 0 Å². The predicted molar refractivity (Wildman–Crippen MR) is 73.4 cm³/mol. The summed E-state index contributed by atoms with van der Waals surface area (Å²) in [6.07, 6.45) is 0.883. The normalized spacial score (nSPS) is 18.0. The van der Waals surface area contributed by atoms with Crippen LogP contribution in [0.1, 0.15) is 48.2 Å². The molecule has 0 unspecified atom stereocenters. The molecule has 1 aromatic carbocycles. The van der Waals surface area contributed by atoms with E-state index in [9.17, 15) is 26.4 Å². The van der Waals surface area contributed by atoms with Gasteiger partial charge in [-0.2, -0.15) is 21.6 Å². The molecule has 1 aliphatic carbocycles. The molecule has 8 heteroatoms. The Labute approximate surface area is 126 Å². The summed E-state index contributed by atoms with van der Waals surface area (Å²) in [5.41, 5.74) is -4.87. The lowest BCUT2D eigenvalue weighted by molar-refractivity contribution is -0.0500. The Hall–Kier alpha value is -1.57. The molecule has 0 N–H and O–H groups in total. The lowest BCUT2D eigenvalue weighted by atomic mass is 9.72. The van der Waals surface area contributed by atoms with Crippen LogP contribution in [0.25, 0.3) is 0 Å². The Kier molecular flexibility index (Phi) is 3.80. The molecular formula is C14H15F3O4S. The summed E-state index contributed by atoms with van der Waals surface area (Å²) in [7, 11) is -5.74. The highest BCUT2D eigenvalue weighted by Gasteiger charge is 2.49. The molecule has 0 spiro atoms. The highest BCUT2D eigenvalue weighted by Crippen LogP contribution is 2.40. The van der Waals surface area contributed by atoms with Crippen LogP contribution in [-0.2, 0) is 15.5 Å². The van der Waals surface area contributed by atoms with Gasteiger partial charge < -0.3 is 4.18 Å². The molecular weight excluding hydrogens is 321 g/mol. The van der Waals surface area contributed by atoms with Crippen LogP contribution in [0.4, 0.5) is 13.2 Å². The van der Waals surface area contributed by atoms with E-state index in [0.29, 0.717) is 24.0 Å². The Bertz CT molecular complexity index is 733. The Balaban J connectivity index is 2.55. The van der Waals surface area contributed by atoms with Crippen LogP contribution in [0.3, 0.4) is 0 Å². The van der Waals surface area contributed by atoms with Gasteiger partial charge in [0.2, 0.25) is 0 Å². The number of hydrogen-bond acceptors (Lipinski definition) is 4. The van der Waals surface area contributed by atoms with Gasteiger partial charge in [0.1, 0.15) is 5.75 Å². The van der Waals surface area contributed by atoms with Gasteiger partial charge in [0.05, 0.1) is 0 Å². The van der Waals surface area contributed by atoms with Crippen LogP contribution in [0, 0.1) is 6.92 Å². The molecule has 0 saturated carbocycles. The van der Waals surface area contributed by atoms with E-state index >= 15 is 0 Å². The predicted octanol–water partition coefficient (Wildman–Crippen LogP) is 3.48. The van der Waals surface area contributed by atoms with E-state index in [0.717, 1.165) is 0 Å². The highest BCUT2D eigenvalue weighted by molar-refractivity contribution is 7.88. The smallest absolute Gasteiger partial charge is 0.376 e. The van der Waals surface area contributed by atoms with Crippen LogP contribution in [0.15, 0.2) is 12.1 Å². The van der Waals surface area contributed by atoms with Gasteiger partial charge in [-0.25, -0.2) is 0 Å². The van der Waals surface area contributed by atoms with Crippen LogP contribution in [0.5, 0.6) is 5.75 Å². The maximum absolute atomic E-state index is 12.4. The molecule has 0 radical (unpaired) electrons. The van der Waals surface area contributed by atoms with Gasteiger partial charge >= 0.3 is 15.6 Å². The van der Waals surface area contributed by atoms with E-state index in [-0.39, 0.29) is 11.3 Å². The third kappa shape index (κ3) is 2.84. The molecule has 0 saturated heterocycles. The molecule has 22 heavy (non-hydrogen) atoms.